The van der Waals surface area contributed by atoms with Crippen molar-refractivity contribution in [1.82, 2.24) is 14.6 Å². The summed E-state index contributed by atoms with van der Waals surface area (Å²) in [6.45, 7) is 3.82. The summed E-state index contributed by atoms with van der Waals surface area (Å²) in [5.41, 5.74) is 0.0417. The molecule has 0 spiro atoms. The second-order valence-electron chi connectivity index (χ2n) is 3.07. The van der Waals surface area contributed by atoms with Crippen LogP contribution < -0.4 is 5.56 Å². The predicted octanol–water partition coefficient (Wildman–Crippen LogP) is 1.53. The Morgan fingerprint density at radius 3 is 2.88 bits per heavy atom. The van der Waals surface area contributed by atoms with Crippen LogP contribution in [0.15, 0.2) is 9.13 Å². The number of hydrogen-bond acceptors (Lipinski definition) is 6. The van der Waals surface area contributed by atoms with Crippen molar-refractivity contribution in [2.24, 2.45) is 0 Å². The lowest BCUT2D eigenvalue weighted by atomic mass is 10.2. The SMILES string of the molecule is CCSc1nn2c(=O)c(CC)c(O)nc2s1. The largest absolute Gasteiger partial charge is 0.493 e. The van der Waals surface area contributed by atoms with Gasteiger partial charge in [-0.05, 0) is 12.2 Å². The van der Waals surface area contributed by atoms with Crippen LogP contribution in [0.5, 0.6) is 5.88 Å². The summed E-state index contributed by atoms with van der Waals surface area (Å²) in [4.78, 5) is 16.3. The molecule has 7 heteroatoms. The van der Waals surface area contributed by atoms with E-state index in [1.807, 2.05) is 6.92 Å². The van der Waals surface area contributed by atoms with Crippen LogP contribution in [0.2, 0.25) is 0 Å². The number of fused-ring (bicyclic) bond motifs is 1. The van der Waals surface area contributed by atoms with Crippen LogP contribution >= 0.6 is 23.1 Å². The standard InChI is InChI=1S/C9H11N3O2S2/c1-3-5-6(13)10-8-12(7(5)14)11-9(16-8)15-4-2/h13H,3-4H2,1-2H3. The lowest BCUT2D eigenvalue weighted by Crippen LogP contribution is -2.19. The van der Waals surface area contributed by atoms with Crippen LogP contribution in [0, 0.1) is 0 Å². The van der Waals surface area contributed by atoms with Gasteiger partial charge < -0.3 is 5.11 Å². The second-order valence-corrected chi connectivity index (χ2v) is 5.54. The van der Waals surface area contributed by atoms with E-state index in [0.717, 1.165) is 10.1 Å². The quantitative estimate of drug-likeness (QED) is 0.845. The summed E-state index contributed by atoms with van der Waals surface area (Å²) in [5.74, 6) is 0.713. The van der Waals surface area contributed by atoms with Gasteiger partial charge >= 0.3 is 0 Å². The molecule has 0 radical (unpaired) electrons. The van der Waals surface area contributed by atoms with Gasteiger partial charge in [-0.1, -0.05) is 36.9 Å². The minimum atomic E-state index is -0.274. The van der Waals surface area contributed by atoms with Crippen molar-refractivity contribution >= 4 is 28.1 Å². The smallest absolute Gasteiger partial charge is 0.282 e. The molecule has 0 aromatic carbocycles. The minimum absolute atomic E-state index is 0.177. The molecule has 0 unspecified atom stereocenters. The topological polar surface area (TPSA) is 67.5 Å². The third-order valence-corrected chi connectivity index (χ3v) is 4.01. The summed E-state index contributed by atoms with van der Waals surface area (Å²) in [6.07, 6.45) is 0.453. The first kappa shape index (κ1) is 11.4. The molecular weight excluding hydrogens is 246 g/mol. The number of aromatic nitrogens is 3. The van der Waals surface area contributed by atoms with E-state index in [2.05, 4.69) is 10.1 Å². The van der Waals surface area contributed by atoms with Crippen LogP contribution in [-0.2, 0) is 6.42 Å². The van der Waals surface area contributed by atoms with E-state index in [-0.39, 0.29) is 11.4 Å². The van der Waals surface area contributed by atoms with E-state index < -0.39 is 0 Å². The molecule has 2 aromatic heterocycles. The first-order valence-electron chi connectivity index (χ1n) is 4.91. The molecule has 2 heterocycles. The van der Waals surface area contributed by atoms with Gasteiger partial charge in [0.15, 0.2) is 4.34 Å². The fraction of sp³-hybridized carbons (Fsp3) is 0.444. The Morgan fingerprint density at radius 1 is 1.50 bits per heavy atom. The Bertz CT molecular complexity index is 576. The molecule has 0 aliphatic rings. The normalized spacial score (nSPS) is 11.1. The Hall–Kier alpha value is -1.08. The maximum absolute atomic E-state index is 11.9. The molecule has 0 aliphatic heterocycles. The number of hydrogen-bond donors (Lipinski definition) is 1. The van der Waals surface area contributed by atoms with Crippen molar-refractivity contribution in [2.75, 3.05) is 5.75 Å². The Balaban J connectivity index is 2.68. The fourth-order valence-corrected chi connectivity index (χ4v) is 3.16. The van der Waals surface area contributed by atoms with Gasteiger partial charge in [0.1, 0.15) is 0 Å². The third-order valence-electron chi connectivity index (χ3n) is 2.08. The molecule has 2 rings (SSSR count). The highest BCUT2D eigenvalue weighted by atomic mass is 32.2. The van der Waals surface area contributed by atoms with E-state index in [1.54, 1.807) is 18.7 Å². The van der Waals surface area contributed by atoms with Crippen molar-refractivity contribution in [3.05, 3.63) is 15.9 Å². The van der Waals surface area contributed by atoms with Crippen LogP contribution in [-0.4, -0.2) is 25.5 Å². The first-order valence-corrected chi connectivity index (χ1v) is 6.72. The van der Waals surface area contributed by atoms with Crippen molar-refractivity contribution < 1.29 is 5.11 Å². The molecule has 0 saturated carbocycles. The van der Waals surface area contributed by atoms with E-state index in [1.165, 1.54) is 15.9 Å². The zero-order valence-corrected chi connectivity index (χ0v) is 10.6. The summed E-state index contributed by atoms with van der Waals surface area (Å²) in [6, 6.07) is 0. The van der Waals surface area contributed by atoms with Gasteiger partial charge in [0.25, 0.3) is 5.56 Å². The molecule has 2 aromatic rings. The van der Waals surface area contributed by atoms with Gasteiger partial charge in [0.2, 0.25) is 10.8 Å². The Labute approximate surface area is 100 Å². The molecule has 0 bridgehead atoms. The molecule has 1 N–H and O–H groups in total. The summed E-state index contributed by atoms with van der Waals surface area (Å²) in [7, 11) is 0. The van der Waals surface area contributed by atoms with Gasteiger partial charge in [-0.2, -0.15) is 9.50 Å². The van der Waals surface area contributed by atoms with Gasteiger partial charge in [-0.15, -0.1) is 5.10 Å². The van der Waals surface area contributed by atoms with Crippen LogP contribution in [0.4, 0.5) is 0 Å². The average Bonchev–Trinajstić information content (AvgIpc) is 2.62. The zero-order chi connectivity index (χ0) is 11.7. The van der Waals surface area contributed by atoms with Gasteiger partial charge in [-0.25, -0.2) is 0 Å². The van der Waals surface area contributed by atoms with E-state index in [0.29, 0.717) is 16.9 Å². The van der Waals surface area contributed by atoms with Crippen molar-refractivity contribution in [1.29, 1.82) is 0 Å². The first-order chi connectivity index (χ1) is 7.67. The maximum Gasteiger partial charge on any atom is 0.282 e. The summed E-state index contributed by atoms with van der Waals surface area (Å²) >= 11 is 2.87. The molecule has 16 heavy (non-hydrogen) atoms. The van der Waals surface area contributed by atoms with Crippen LogP contribution in [0.25, 0.3) is 4.96 Å². The summed E-state index contributed by atoms with van der Waals surface area (Å²) in [5, 5.41) is 13.7. The van der Waals surface area contributed by atoms with Crippen molar-refractivity contribution in [2.45, 2.75) is 24.6 Å². The number of thioether (sulfide) groups is 1. The Kier molecular flexibility index (Phi) is 3.15. The van der Waals surface area contributed by atoms with Crippen LogP contribution in [0.1, 0.15) is 19.4 Å². The predicted molar refractivity (Wildman–Crippen MR) is 64.6 cm³/mol. The fourth-order valence-electron chi connectivity index (χ4n) is 1.34. The van der Waals surface area contributed by atoms with Crippen molar-refractivity contribution in [3.63, 3.8) is 0 Å². The van der Waals surface area contributed by atoms with E-state index in [9.17, 15) is 9.90 Å². The summed E-state index contributed by atoms with van der Waals surface area (Å²) < 4.78 is 2.06. The molecule has 0 saturated heterocycles. The molecule has 0 amide bonds. The average molecular weight is 257 g/mol. The minimum Gasteiger partial charge on any atom is -0.493 e. The lowest BCUT2D eigenvalue weighted by Gasteiger charge is -1.98. The molecular formula is C9H11N3O2S2. The highest BCUT2D eigenvalue weighted by molar-refractivity contribution is 8.01. The van der Waals surface area contributed by atoms with E-state index >= 15 is 0 Å². The van der Waals surface area contributed by atoms with Gasteiger partial charge in [-0.3, -0.25) is 4.79 Å². The zero-order valence-electron chi connectivity index (χ0n) is 8.93. The number of aromatic hydroxyl groups is 1. The molecule has 86 valence electrons. The van der Waals surface area contributed by atoms with Gasteiger partial charge in [0.05, 0.1) is 5.56 Å². The van der Waals surface area contributed by atoms with Gasteiger partial charge in [0, 0.05) is 0 Å². The highest BCUT2D eigenvalue weighted by Gasteiger charge is 2.13. The highest BCUT2D eigenvalue weighted by Crippen LogP contribution is 2.24. The lowest BCUT2D eigenvalue weighted by molar-refractivity contribution is 0.445. The third kappa shape index (κ3) is 1.80. The second kappa shape index (κ2) is 4.42. The monoisotopic (exact) mass is 257 g/mol. The number of nitrogens with zero attached hydrogens (tertiary/aromatic N) is 3. The molecule has 0 aliphatic carbocycles. The Morgan fingerprint density at radius 2 is 2.25 bits per heavy atom. The van der Waals surface area contributed by atoms with Crippen LogP contribution in [0.3, 0.4) is 0 Å². The number of rotatable bonds is 3. The maximum atomic E-state index is 11.9. The molecule has 5 nitrogen and oxygen atoms in total. The molecule has 0 atom stereocenters. The molecule has 0 fully saturated rings. The van der Waals surface area contributed by atoms with Crippen molar-refractivity contribution in [3.8, 4) is 5.88 Å². The van der Waals surface area contributed by atoms with E-state index in [4.69, 9.17) is 0 Å².